The van der Waals surface area contributed by atoms with E-state index < -0.39 is 5.97 Å². The van der Waals surface area contributed by atoms with E-state index >= 15 is 0 Å². The van der Waals surface area contributed by atoms with Crippen LogP contribution >= 0.6 is 11.6 Å². The molecule has 2 unspecified atom stereocenters. The van der Waals surface area contributed by atoms with E-state index in [2.05, 4.69) is 10.3 Å². The third kappa shape index (κ3) is 3.58. The van der Waals surface area contributed by atoms with Crippen molar-refractivity contribution in [2.75, 3.05) is 11.9 Å². The predicted octanol–water partition coefficient (Wildman–Crippen LogP) is 2.40. The van der Waals surface area contributed by atoms with Gasteiger partial charge in [-0.3, -0.25) is 0 Å². The molecule has 0 saturated heterocycles. The van der Waals surface area contributed by atoms with Crippen LogP contribution in [0.25, 0.3) is 0 Å². The molecule has 2 atom stereocenters. The summed E-state index contributed by atoms with van der Waals surface area (Å²) < 4.78 is 0. The number of aromatic carboxylic acids is 1. The molecule has 0 amide bonds. The molecule has 1 heterocycles. The van der Waals surface area contributed by atoms with Gasteiger partial charge in [0.1, 0.15) is 5.82 Å². The maximum atomic E-state index is 10.9. The van der Waals surface area contributed by atoms with Crippen LogP contribution in [0.5, 0.6) is 0 Å². The number of nitrogens with one attached hydrogen (secondary N) is 1. The molecule has 0 aliphatic heterocycles. The third-order valence-corrected chi connectivity index (χ3v) is 3.77. The highest BCUT2D eigenvalue weighted by atomic mass is 35.5. The van der Waals surface area contributed by atoms with E-state index in [0.717, 1.165) is 25.7 Å². The number of hydrogen-bond acceptors (Lipinski definition) is 4. The van der Waals surface area contributed by atoms with Gasteiger partial charge in [-0.25, -0.2) is 9.78 Å². The zero-order chi connectivity index (χ0) is 13.8. The summed E-state index contributed by atoms with van der Waals surface area (Å²) in [5.74, 6) is -0.481. The lowest BCUT2D eigenvalue weighted by Crippen LogP contribution is -2.30. The Hall–Kier alpha value is -1.33. The van der Waals surface area contributed by atoms with E-state index in [9.17, 15) is 9.90 Å². The van der Waals surface area contributed by atoms with Crippen molar-refractivity contribution < 1.29 is 15.0 Å². The number of halogens is 1. The van der Waals surface area contributed by atoms with Crippen molar-refractivity contribution >= 4 is 23.4 Å². The molecule has 1 saturated carbocycles. The molecule has 1 aromatic heterocycles. The van der Waals surface area contributed by atoms with Crippen molar-refractivity contribution in [1.82, 2.24) is 4.98 Å². The minimum absolute atomic E-state index is 0.121. The molecule has 0 aromatic carbocycles. The van der Waals surface area contributed by atoms with Gasteiger partial charge in [-0.2, -0.15) is 0 Å². The van der Waals surface area contributed by atoms with Crippen LogP contribution in [0.4, 0.5) is 5.82 Å². The summed E-state index contributed by atoms with van der Waals surface area (Å²) in [7, 11) is 0. The van der Waals surface area contributed by atoms with Gasteiger partial charge in [0.25, 0.3) is 0 Å². The Morgan fingerprint density at radius 1 is 1.42 bits per heavy atom. The summed E-state index contributed by atoms with van der Waals surface area (Å²) in [4.78, 5) is 14.9. The van der Waals surface area contributed by atoms with Crippen molar-refractivity contribution in [3.05, 3.63) is 22.8 Å². The van der Waals surface area contributed by atoms with Gasteiger partial charge >= 0.3 is 5.97 Å². The van der Waals surface area contributed by atoms with Crippen LogP contribution in [0.1, 0.15) is 36.2 Å². The fraction of sp³-hybridized carbons (Fsp3) is 0.538. The SMILES string of the molecule is O=C(O)c1nc(NCC2CCCCC2O)ccc1Cl. The number of anilines is 1. The second-order valence-electron chi connectivity index (χ2n) is 4.82. The lowest BCUT2D eigenvalue weighted by atomic mass is 9.86. The van der Waals surface area contributed by atoms with Crippen LogP contribution in [-0.4, -0.2) is 33.8 Å². The van der Waals surface area contributed by atoms with Crippen LogP contribution in [0.2, 0.25) is 5.02 Å². The Bertz CT molecular complexity index is 467. The monoisotopic (exact) mass is 284 g/mol. The highest BCUT2D eigenvalue weighted by Crippen LogP contribution is 2.25. The number of hydrogen-bond donors (Lipinski definition) is 3. The summed E-state index contributed by atoms with van der Waals surface area (Å²) in [6.45, 7) is 0.592. The zero-order valence-corrected chi connectivity index (χ0v) is 11.2. The van der Waals surface area contributed by atoms with Gasteiger partial charge in [0.2, 0.25) is 0 Å². The van der Waals surface area contributed by atoms with Crippen LogP contribution < -0.4 is 5.32 Å². The summed E-state index contributed by atoms with van der Waals surface area (Å²) in [5.41, 5.74) is -0.157. The number of carbonyl (C=O) groups is 1. The molecular formula is C13H17ClN2O3. The topological polar surface area (TPSA) is 82.5 Å². The lowest BCUT2D eigenvalue weighted by molar-refractivity contribution is 0.0690. The summed E-state index contributed by atoms with van der Waals surface area (Å²) in [5, 5.41) is 22.0. The average Bonchev–Trinajstić information content (AvgIpc) is 2.39. The molecule has 0 spiro atoms. The Labute approximate surface area is 116 Å². The molecule has 3 N–H and O–H groups in total. The molecule has 1 aliphatic carbocycles. The largest absolute Gasteiger partial charge is 0.476 e. The molecule has 1 aliphatic rings. The quantitative estimate of drug-likeness (QED) is 0.791. The molecule has 1 aromatic rings. The lowest BCUT2D eigenvalue weighted by Gasteiger charge is -2.27. The number of aromatic nitrogens is 1. The fourth-order valence-corrected chi connectivity index (χ4v) is 2.54. The number of rotatable bonds is 4. The van der Waals surface area contributed by atoms with Gasteiger partial charge < -0.3 is 15.5 Å². The summed E-state index contributed by atoms with van der Waals surface area (Å²) >= 11 is 5.75. The first kappa shape index (κ1) is 14.1. The van der Waals surface area contributed by atoms with Gasteiger partial charge in [0.15, 0.2) is 5.69 Å². The molecule has 0 radical (unpaired) electrons. The number of aliphatic hydroxyl groups excluding tert-OH is 1. The third-order valence-electron chi connectivity index (χ3n) is 3.46. The molecule has 5 nitrogen and oxygen atoms in total. The van der Waals surface area contributed by atoms with Gasteiger partial charge in [-0.05, 0) is 25.0 Å². The second kappa shape index (κ2) is 6.21. The van der Waals surface area contributed by atoms with E-state index in [1.54, 1.807) is 6.07 Å². The minimum Gasteiger partial charge on any atom is -0.476 e. The van der Waals surface area contributed by atoms with Crippen molar-refractivity contribution in [3.8, 4) is 0 Å². The van der Waals surface area contributed by atoms with E-state index in [1.807, 2.05) is 0 Å². The Balaban J connectivity index is 1.99. The molecule has 6 heteroatoms. The van der Waals surface area contributed by atoms with Gasteiger partial charge in [0, 0.05) is 12.5 Å². The van der Waals surface area contributed by atoms with Crippen LogP contribution in [0.15, 0.2) is 12.1 Å². The number of nitrogens with zero attached hydrogens (tertiary/aromatic N) is 1. The molecule has 1 fully saturated rings. The average molecular weight is 285 g/mol. The van der Waals surface area contributed by atoms with Crippen LogP contribution in [0.3, 0.4) is 0 Å². The van der Waals surface area contributed by atoms with Gasteiger partial charge in [-0.15, -0.1) is 0 Å². The van der Waals surface area contributed by atoms with E-state index in [-0.39, 0.29) is 22.7 Å². The number of carboxylic acids is 1. The molecule has 19 heavy (non-hydrogen) atoms. The van der Waals surface area contributed by atoms with Gasteiger partial charge in [-0.1, -0.05) is 24.4 Å². The highest BCUT2D eigenvalue weighted by Gasteiger charge is 2.22. The van der Waals surface area contributed by atoms with Crippen LogP contribution in [-0.2, 0) is 0 Å². The molecular weight excluding hydrogens is 268 g/mol. The minimum atomic E-state index is -1.15. The van der Waals surface area contributed by atoms with Crippen molar-refractivity contribution in [2.45, 2.75) is 31.8 Å². The zero-order valence-electron chi connectivity index (χ0n) is 10.5. The molecule has 2 rings (SSSR count). The summed E-state index contributed by atoms with van der Waals surface area (Å²) in [6.07, 6.45) is 3.72. The van der Waals surface area contributed by atoms with Crippen LogP contribution in [0, 0.1) is 5.92 Å². The van der Waals surface area contributed by atoms with Crippen molar-refractivity contribution in [1.29, 1.82) is 0 Å². The maximum Gasteiger partial charge on any atom is 0.356 e. The van der Waals surface area contributed by atoms with E-state index in [4.69, 9.17) is 16.7 Å². The van der Waals surface area contributed by atoms with E-state index in [1.165, 1.54) is 6.07 Å². The van der Waals surface area contributed by atoms with Gasteiger partial charge in [0.05, 0.1) is 11.1 Å². The molecule has 0 bridgehead atoms. The van der Waals surface area contributed by atoms with Crippen molar-refractivity contribution in [3.63, 3.8) is 0 Å². The Kier molecular flexibility index (Phi) is 4.61. The first-order valence-electron chi connectivity index (χ1n) is 6.39. The maximum absolute atomic E-state index is 10.9. The predicted molar refractivity (Wildman–Crippen MR) is 72.7 cm³/mol. The Morgan fingerprint density at radius 3 is 2.84 bits per heavy atom. The number of carboxylic acid groups (broad SMARTS) is 1. The van der Waals surface area contributed by atoms with E-state index in [0.29, 0.717) is 12.4 Å². The summed E-state index contributed by atoms with van der Waals surface area (Å²) in [6, 6.07) is 3.15. The number of pyridine rings is 1. The first-order chi connectivity index (χ1) is 9.08. The highest BCUT2D eigenvalue weighted by molar-refractivity contribution is 6.33. The first-order valence-corrected chi connectivity index (χ1v) is 6.77. The standard InChI is InChI=1S/C13H17ClN2O3/c14-9-5-6-11(16-12(9)13(18)19)15-7-8-3-1-2-4-10(8)17/h5-6,8,10,17H,1-4,7H2,(H,15,16)(H,18,19). The fourth-order valence-electron chi connectivity index (χ4n) is 2.35. The van der Waals surface area contributed by atoms with Crippen molar-refractivity contribution in [2.24, 2.45) is 5.92 Å². The Morgan fingerprint density at radius 2 is 2.16 bits per heavy atom. The normalized spacial score (nSPS) is 23.1. The smallest absolute Gasteiger partial charge is 0.356 e. The molecule has 104 valence electrons. The second-order valence-corrected chi connectivity index (χ2v) is 5.23. The number of aliphatic hydroxyl groups is 1.